The minimum absolute atomic E-state index is 0.0908. The number of fused-ring (bicyclic) bond motifs is 1. The van der Waals surface area contributed by atoms with Gasteiger partial charge in [0.05, 0.1) is 11.0 Å². The average Bonchev–Trinajstić information content (AvgIpc) is 3.03. The molecule has 4 aromatic rings. The number of pyridine rings is 1. The van der Waals surface area contributed by atoms with E-state index >= 15 is 0 Å². The molecule has 2 heterocycles. The molecule has 0 aliphatic heterocycles. The number of hydrogen-bond acceptors (Lipinski definition) is 4. The molecule has 0 atom stereocenters. The summed E-state index contributed by atoms with van der Waals surface area (Å²) in [6.45, 7) is 0.198. The lowest BCUT2D eigenvalue weighted by molar-refractivity contribution is 0.0951. The molecule has 2 N–H and O–H groups in total. The molecule has 0 aliphatic rings. The minimum Gasteiger partial charge on any atom is -0.436 e. The Morgan fingerprint density at radius 2 is 2.00 bits per heavy atom. The summed E-state index contributed by atoms with van der Waals surface area (Å²) >= 11 is 0. The number of amides is 1. The van der Waals surface area contributed by atoms with Crippen LogP contribution in [0.4, 0.5) is 8.78 Å². The van der Waals surface area contributed by atoms with Gasteiger partial charge in [0.25, 0.3) is 5.91 Å². The average molecular weight is 410 g/mol. The van der Waals surface area contributed by atoms with Gasteiger partial charge in [0.15, 0.2) is 11.6 Å². The molecule has 2 aromatic heterocycles. The highest BCUT2D eigenvalue weighted by Crippen LogP contribution is 2.23. The maximum Gasteiger partial charge on any atom is 0.326 e. The number of aryl methyl sites for hydroxylation is 1. The highest BCUT2D eigenvalue weighted by molar-refractivity contribution is 5.97. The van der Waals surface area contributed by atoms with E-state index in [9.17, 15) is 18.4 Å². The minimum atomic E-state index is -0.703. The fourth-order valence-corrected chi connectivity index (χ4v) is 2.91. The number of nitrogens with zero attached hydrogens (tertiary/aromatic N) is 2. The standard InChI is InChI=1S/C21H16F2N4O3/c1-27-17-6-3-13(8-16(17)26-21(27)29)20(28)25-11-12-2-7-19(24-10-12)30-18-9-14(22)4-5-15(18)23/h2-10H,11H2,1H3,(H,25,28)(H,26,29). The molecule has 2 aromatic carbocycles. The van der Waals surface area contributed by atoms with E-state index < -0.39 is 11.6 Å². The van der Waals surface area contributed by atoms with Crippen molar-refractivity contribution in [2.75, 3.05) is 0 Å². The van der Waals surface area contributed by atoms with Gasteiger partial charge in [-0.15, -0.1) is 0 Å². The molecular weight excluding hydrogens is 394 g/mol. The third kappa shape index (κ3) is 3.90. The van der Waals surface area contributed by atoms with E-state index in [0.717, 1.165) is 18.2 Å². The van der Waals surface area contributed by atoms with Crippen LogP contribution in [0.3, 0.4) is 0 Å². The monoisotopic (exact) mass is 410 g/mol. The van der Waals surface area contributed by atoms with Gasteiger partial charge in [0.1, 0.15) is 5.82 Å². The lowest BCUT2D eigenvalue weighted by atomic mass is 10.2. The van der Waals surface area contributed by atoms with Gasteiger partial charge in [-0.2, -0.15) is 0 Å². The maximum absolute atomic E-state index is 13.6. The van der Waals surface area contributed by atoms with E-state index in [0.29, 0.717) is 22.2 Å². The zero-order valence-electron chi connectivity index (χ0n) is 15.8. The predicted octanol–water partition coefficient (Wildman–Crippen LogP) is 3.26. The Bertz CT molecular complexity index is 1300. The zero-order chi connectivity index (χ0) is 21.3. The fourth-order valence-electron chi connectivity index (χ4n) is 2.91. The smallest absolute Gasteiger partial charge is 0.326 e. The van der Waals surface area contributed by atoms with Crippen LogP contribution < -0.4 is 15.7 Å². The number of nitrogens with one attached hydrogen (secondary N) is 2. The first-order chi connectivity index (χ1) is 14.4. The summed E-state index contributed by atoms with van der Waals surface area (Å²) in [5, 5.41) is 2.76. The van der Waals surface area contributed by atoms with Crippen LogP contribution in [0.5, 0.6) is 11.6 Å². The summed E-state index contributed by atoms with van der Waals surface area (Å²) < 4.78 is 33.6. The number of aromatic nitrogens is 3. The van der Waals surface area contributed by atoms with E-state index in [2.05, 4.69) is 15.3 Å². The number of halogens is 2. The van der Waals surface area contributed by atoms with Crippen molar-refractivity contribution >= 4 is 16.9 Å². The summed E-state index contributed by atoms with van der Waals surface area (Å²) in [7, 11) is 1.64. The third-order valence-electron chi connectivity index (χ3n) is 4.52. The van der Waals surface area contributed by atoms with Crippen LogP contribution in [0.2, 0.25) is 0 Å². The van der Waals surface area contributed by atoms with Gasteiger partial charge in [-0.25, -0.2) is 18.6 Å². The van der Waals surface area contributed by atoms with E-state index in [1.54, 1.807) is 31.3 Å². The number of ether oxygens (including phenoxy) is 1. The lowest BCUT2D eigenvalue weighted by Gasteiger charge is -2.08. The molecule has 0 spiro atoms. The number of carbonyl (C=O) groups is 1. The zero-order valence-corrected chi connectivity index (χ0v) is 15.8. The number of rotatable bonds is 5. The number of imidazole rings is 1. The summed E-state index contributed by atoms with van der Waals surface area (Å²) in [6.07, 6.45) is 1.46. The van der Waals surface area contributed by atoms with Gasteiger partial charge in [0.2, 0.25) is 5.88 Å². The van der Waals surface area contributed by atoms with Crippen molar-refractivity contribution in [2.45, 2.75) is 6.54 Å². The number of H-pyrrole nitrogens is 1. The molecular formula is C21H16F2N4O3. The summed E-state index contributed by atoms with van der Waals surface area (Å²) in [5.41, 5.74) is 2.10. The largest absolute Gasteiger partial charge is 0.436 e. The quantitative estimate of drug-likeness (QED) is 0.529. The first-order valence-electron chi connectivity index (χ1n) is 8.95. The maximum atomic E-state index is 13.6. The van der Waals surface area contributed by atoms with Gasteiger partial charge < -0.3 is 15.0 Å². The molecule has 1 amide bonds. The Kier molecular flexibility index (Phi) is 5.01. The molecule has 0 unspecified atom stereocenters. The molecule has 0 fully saturated rings. The van der Waals surface area contributed by atoms with Crippen molar-refractivity contribution in [3.63, 3.8) is 0 Å². The van der Waals surface area contributed by atoms with Crippen LogP contribution >= 0.6 is 0 Å². The second kappa shape index (κ2) is 7.78. The Morgan fingerprint density at radius 3 is 2.77 bits per heavy atom. The number of benzene rings is 2. The van der Waals surface area contributed by atoms with Crippen molar-refractivity contribution in [3.05, 3.63) is 88.0 Å². The van der Waals surface area contributed by atoms with E-state index in [-0.39, 0.29) is 29.8 Å². The molecule has 0 radical (unpaired) electrons. The second-order valence-electron chi connectivity index (χ2n) is 6.59. The van der Waals surface area contributed by atoms with Gasteiger partial charge in [-0.1, -0.05) is 6.07 Å². The van der Waals surface area contributed by atoms with Crippen LogP contribution in [0.25, 0.3) is 11.0 Å². The fraction of sp³-hybridized carbons (Fsp3) is 0.0952. The van der Waals surface area contributed by atoms with E-state index in [4.69, 9.17) is 4.74 Å². The highest BCUT2D eigenvalue weighted by atomic mass is 19.1. The first-order valence-corrected chi connectivity index (χ1v) is 8.95. The molecule has 0 saturated heterocycles. The van der Waals surface area contributed by atoms with E-state index in [1.807, 2.05) is 0 Å². The van der Waals surface area contributed by atoms with Crippen molar-refractivity contribution < 1.29 is 18.3 Å². The molecule has 152 valence electrons. The van der Waals surface area contributed by atoms with Crippen LogP contribution in [-0.4, -0.2) is 20.4 Å². The Morgan fingerprint density at radius 1 is 1.17 bits per heavy atom. The van der Waals surface area contributed by atoms with Gasteiger partial charge >= 0.3 is 5.69 Å². The summed E-state index contributed by atoms with van der Waals surface area (Å²) in [5.74, 6) is -1.82. The molecule has 9 heteroatoms. The van der Waals surface area contributed by atoms with Crippen LogP contribution in [0.1, 0.15) is 15.9 Å². The molecule has 7 nitrogen and oxygen atoms in total. The van der Waals surface area contributed by atoms with Crippen molar-refractivity contribution in [1.82, 2.24) is 19.9 Å². The lowest BCUT2D eigenvalue weighted by Crippen LogP contribution is -2.22. The third-order valence-corrected chi connectivity index (χ3v) is 4.52. The molecule has 0 saturated carbocycles. The Hall–Kier alpha value is -4.01. The normalized spacial score (nSPS) is 10.9. The Balaban J connectivity index is 1.40. The predicted molar refractivity (Wildman–Crippen MR) is 105 cm³/mol. The summed E-state index contributed by atoms with van der Waals surface area (Å²) in [6, 6.07) is 11.0. The SMILES string of the molecule is Cn1c(=O)[nH]c2cc(C(=O)NCc3ccc(Oc4cc(F)ccc4F)nc3)ccc21. The van der Waals surface area contributed by atoms with Gasteiger partial charge in [-0.3, -0.25) is 9.36 Å². The molecule has 4 rings (SSSR count). The van der Waals surface area contributed by atoms with Crippen molar-refractivity contribution in [3.8, 4) is 11.6 Å². The molecule has 0 bridgehead atoms. The highest BCUT2D eigenvalue weighted by Gasteiger charge is 2.10. The first kappa shape index (κ1) is 19.3. The van der Waals surface area contributed by atoms with Crippen LogP contribution in [-0.2, 0) is 13.6 Å². The second-order valence-corrected chi connectivity index (χ2v) is 6.59. The van der Waals surface area contributed by atoms with E-state index in [1.165, 1.54) is 16.8 Å². The summed E-state index contributed by atoms with van der Waals surface area (Å²) in [4.78, 5) is 30.8. The molecule has 0 aliphatic carbocycles. The number of aromatic amines is 1. The van der Waals surface area contributed by atoms with Crippen molar-refractivity contribution in [1.29, 1.82) is 0 Å². The van der Waals surface area contributed by atoms with Gasteiger partial charge in [0, 0.05) is 37.5 Å². The van der Waals surface area contributed by atoms with Crippen LogP contribution in [0.15, 0.2) is 59.5 Å². The van der Waals surface area contributed by atoms with Gasteiger partial charge in [-0.05, 0) is 35.9 Å². The topological polar surface area (TPSA) is 89.0 Å². The Labute approximate surface area is 168 Å². The van der Waals surface area contributed by atoms with Crippen LogP contribution in [0, 0.1) is 11.6 Å². The molecule has 30 heavy (non-hydrogen) atoms. The van der Waals surface area contributed by atoms with Crippen molar-refractivity contribution in [2.24, 2.45) is 7.05 Å². The number of carbonyl (C=O) groups excluding carboxylic acids is 1. The number of hydrogen-bond donors (Lipinski definition) is 2.